The Kier molecular flexibility index (Phi) is 7.29. The van der Waals surface area contributed by atoms with Gasteiger partial charge in [0, 0.05) is 0 Å². The lowest BCUT2D eigenvalue weighted by atomic mass is 10.3. The zero-order valence-electron chi connectivity index (χ0n) is 16.3. The first-order valence-corrected chi connectivity index (χ1v) is 13.0. The van der Waals surface area contributed by atoms with E-state index in [4.69, 9.17) is 19.2 Å². The molecule has 0 heterocycles. The van der Waals surface area contributed by atoms with Gasteiger partial charge in [-0.1, -0.05) is 72.8 Å². The van der Waals surface area contributed by atoms with Crippen LogP contribution in [0.15, 0.2) is 121 Å². The summed E-state index contributed by atoms with van der Waals surface area (Å²) >= 11 is 0. The molecule has 0 aliphatic heterocycles. The fourth-order valence-corrected chi connectivity index (χ4v) is 7.77. The van der Waals surface area contributed by atoms with Crippen LogP contribution < -0.4 is 21.2 Å². The molecular weight excluding hydrogens is 411 g/mol. The van der Waals surface area contributed by atoms with E-state index in [1.54, 1.807) is 0 Å². The molecular formula is C24H24O4PSi+. The molecule has 0 saturated carbocycles. The number of benzene rings is 4. The van der Waals surface area contributed by atoms with Gasteiger partial charge in [0.05, 0.1) is 0 Å². The summed E-state index contributed by atoms with van der Waals surface area (Å²) in [4.78, 5) is 29.3. The van der Waals surface area contributed by atoms with Crippen LogP contribution in [-0.2, 0) is 0 Å². The van der Waals surface area contributed by atoms with E-state index in [0.717, 1.165) is 0 Å². The lowest BCUT2D eigenvalue weighted by Gasteiger charge is -2.27. The van der Waals surface area contributed by atoms with E-state index in [0.29, 0.717) is 0 Å². The fraction of sp³-hybridized carbons (Fsp3) is 0. The van der Waals surface area contributed by atoms with Gasteiger partial charge in [0.15, 0.2) is 0 Å². The van der Waals surface area contributed by atoms with Crippen molar-refractivity contribution >= 4 is 37.5 Å². The lowest BCUT2D eigenvalue weighted by Crippen LogP contribution is -2.38. The normalized spacial score (nSPS) is 11.3. The Balaban J connectivity index is 0.000000461. The molecule has 0 fully saturated rings. The molecule has 0 spiro atoms. The summed E-state index contributed by atoms with van der Waals surface area (Å²) in [5.74, 6) is 0. The highest BCUT2D eigenvalue weighted by Crippen LogP contribution is 2.53. The first-order chi connectivity index (χ1) is 14.4. The third-order valence-electron chi connectivity index (χ3n) is 4.57. The minimum Gasteiger partial charge on any atom is -0.368 e. The minimum absolute atomic E-state index is 1.39. The van der Waals surface area contributed by atoms with Gasteiger partial charge >= 0.3 is 9.05 Å². The molecule has 4 aromatic carbocycles. The molecule has 0 atom stereocenters. The molecule has 0 aliphatic carbocycles. The molecule has 4 aromatic rings. The molecule has 152 valence electrons. The highest BCUT2D eigenvalue weighted by molar-refractivity contribution is 8.01. The molecule has 0 bridgehead atoms. The second-order valence-corrected chi connectivity index (χ2v) is 11.2. The maximum absolute atomic E-state index is 7.33. The molecule has 0 aliphatic rings. The molecule has 30 heavy (non-hydrogen) atoms. The predicted octanol–water partition coefficient (Wildman–Crippen LogP) is 1.70. The molecule has 0 aromatic heterocycles. The molecule has 0 radical (unpaired) electrons. The van der Waals surface area contributed by atoms with Crippen molar-refractivity contribution in [2.75, 3.05) is 0 Å². The van der Waals surface area contributed by atoms with E-state index < -0.39 is 16.3 Å². The zero-order valence-corrected chi connectivity index (χ0v) is 18.2. The smallest absolute Gasteiger partial charge is 0.368 e. The van der Waals surface area contributed by atoms with Crippen LogP contribution in [0.3, 0.4) is 0 Å². The average Bonchev–Trinajstić information content (AvgIpc) is 2.76. The zero-order chi connectivity index (χ0) is 21.5. The highest BCUT2D eigenvalue weighted by Gasteiger charge is 2.47. The van der Waals surface area contributed by atoms with Crippen LogP contribution in [0, 0.1) is 0 Å². The Labute approximate surface area is 178 Å². The summed E-state index contributed by atoms with van der Waals surface area (Å²) in [6, 6.07) is 43.8. The minimum atomic E-state index is -4.61. The van der Waals surface area contributed by atoms with Crippen LogP contribution in [0.25, 0.3) is 0 Å². The number of rotatable bonds is 4. The van der Waals surface area contributed by atoms with Gasteiger partial charge in [0.1, 0.15) is 28.5 Å². The maximum Gasteiger partial charge on any atom is 0.668 e. The van der Waals surface area contributed by atoms with Crippen molar-refractivity contribution < 1.29 is 19.2 Å². The van der Waals surface area contributed by atoms with Crippen LogP contribution >= 0.6 is 7.26 Å². The largest absolute Gasteiger partial charge is 0.668 e. The highest BCUT2D eigenvalue weighted by atomic mass is 31.2. The molecule has 0 unspecified atom stereocenters. The van der Waals surface area contributed by atoms with Crippen molar-refractivity contribution in [3.05, 3.63) is 121 Å². The fourth-order valence-electron chi connectivity index (χ4n) is 3.50. The number of hydrogen-bond donors (Lipinski definition) is 4. The Morgan fingerprint density at radius 3 is 0.700 bits per heavy atom. The Bertz CT molecular complexity index is 855. The van der Waals surface area contributed by atoms with E-state index >= 15 is 0 Å². The first kappa shape index (κ1) is 22.1. The van der Waals surface area contributed by atoms with Gasteiger partial charge in [-0.25, -0.2) is 0 Å². The molecule has 4 nitrogen and oxygen atoms in total. The summed E-state index contributed by atoms with van der Waals surface area (Å²) < 4.78 is 0. The van der Waals surface area contributed by atoms with E-state index in [1.165, 1.54) is 21.2 Å². The number of hydrogen-bond acceptors (Lipinski definition) is 4. The van der Waals surface area contributed by atoms with Gasteiger partial charge in [-0.15, -0.1) is 0 Å². The Hall–Kier alpha value is -2.63. The van der Waals surface area contributed by atoms with Crippen molar-refractivity contribution in [2.45, 2.75) is 0 Å². The van der Waals surface area contributed by atoms with Crippen molar-refractivity contribution in [1.29, 1.82) is 0 Å². The summed E-state index contributed by atoms with van der Waals surface area (Å²) in [5.41, 5.74) is 0. The van der Waals surface area contributed by atoms with Gasteiger partial charge in [-0.3, -0.25) is 0 Å². The van der Waals surface area contributed by atoms with Crippen molar-refractivity contribution in [3.8, 4) is 0 Å². The van der Waals surface area contributed by atoms with E-state index in [9.17, 15) is 0 Å². The summed E-state index contributed by atoms with van der Waals surface area (Å²) in [5, 5.41) is 5.55. The first-order valence-electron chi connectivity index (χ1n) is 9.43. The SMILES string of the molecule is O[Si](O)(O)O.c1ccc([P+](c2ccccc2)(c2ccccc2)c2ccccc2)cc1. The molecule has 0 amide bonds. The standard InChI is InChI=1S/C24H20P.H4O4Si/c1-5-13-21(14-6-1)25(22-15-7-2-8-16-22,23-17-9-3-10-18-23)24-19-11-4-12-20-24;1-5(2,3)4/h1-20H;1-4H/q+1;. The second kappa shape index (κ2) is 9.91. The van der Waals surface area contributed by atoms with Gasteiger partial charge in [0.25, 0.3) is 0 Å². The van der Waals surface area contributed by atoms with Crippen LogP contribution in [-0.4, -0.2) is 28.2 Å². The Morgan fingerprint density at radius 2 is 0.533 bits per heavy atom. The monoisotopic (exact) mass is 435 g/mol. The molecule has 4 N–H and O–H groups in total. The molecule has 0 saturated heterocycles. The third kappa shape index (κ3) is 5.29. The maximum atomic E-state index is 7.33. The lowest BCUT2D eigenvalue weighted by molar-refractivity contribution is 0.117. The van der Waals surface area contributed by atoms with Crippen LogP contribution in [0.1, 0.15) is 0 Å². The predicted molar refractivity (Wildman–Crippen MR) is 126 cm³/mol. The third-order valence-corrected chi connectivity index (χ3v) is 8.86. The summed E-state index contributed by atoms with van der Waals surface area (Å²) in [6.45, 7) is 0. The van der Waals surface area contributed by atoms with E-state index in [-0.39, 0.29) is 0 Å². The summed E-state index contributed by atoms with van der Waals surface area (Å²) in [7, 11) is -6.52. The average molecular weight is 436 g/mol. The van der Waals surface area contributed by atoms with Gasteiger partial charge in [-0.2, -0.15) is 0 Å². The van der Waals surface area contributed by atoms with E-state index in [1.807, 2.05) is 0 Å². The van der Waals surface area contributed by atoms with Crippen molar-refractivity contribution in [3.63, 3.8) is 0 Å². The molecule has 6 heteroatoms. The van der Waals surface area contributed by atoms with Crippen molar-refractivity contribution in [2.24, 2.45) is 0 Å². The van der Waals surface area contributed by atoms with E-state index in [2.05, 4.69) is 121 Å². The van der Waals surface area contributed by atoms with Crippen molar-refractivity contribution in [1.82, 2.24) is 0 Å². The Morgan fingerprint density at radius 1 is 0.367 bits per heavy atom. The van der Waals surface area contributed by atoms with Gasteiger partial charge < -0.3 is 19.2 Å². The van der Waals surface area contributed by atoms with Crippen LogP contribution in [0.5, 0.6) is 0 Å². The second-order valence-electron chi connectivity index (χ2n) is 6.61. The van der Waals surface area contributed by atoms with Gasteiger partial charge in [0.2, 0.25) is 0 Å². The molecule has 4 rings (SSSR count). The topological polar surface area (TPSA) is 80.9 Å². The van der Waals surface area contributed by atoms with Gasteiger partial charge in [-0.05, 0) is 48.5 Å². The van der Waals surface area contributed by atoms with Crippen LogP contribution in [0.2, 0.25) is 0 Å². The quantitative estimate of drug-likeness (QED) is 0.291. The summed E-state index contributed by atoms with van der Waals surface area (Å²) in [6.07, 6.45) is 0. The van der Waals surface area contributed by atoms with Crippen LogP contribution in [0.4, 0.5) is 0 Å².